The number of nitrogens with one attached hydrogen (secondary N) is 2. The van der Waals surface area contributed by atoms with Gasteiger partial charge < -0.3 is 24.3 Å². The van der Waals surface area contributed by atoms with Crippen molar-refractivity contribution >= 4 is 40.2 Å². The molecule has 0 fully saturated rings. The SMILES string of the molecule is CCOC(=O)Cc1csc(NN=Cc2ccc(OCC(=O)Nc3ccc(OC)cc3)c(OC)c2)n1. The van der Waals surface area contributed by atoms with E-state index in [1.807, 2.05) is 0 Å². The van der Waals surface area contributed by atoms with Crippen LogP contribution in [0.4, 0.5) is 10.8 Å². The molecule has 0 bridgehead atoms. The maximum Gasteiger partial charge on any atom is 0.311 e. The molecule has 3 aromatic rings. The summed E-state index contributed by atoms with van der Waals surface area (Å²) < 4.78 is 21.0. The summed E-state index contributed by atoms with van der Waals surface area (Å²) in [4.78, 5) is 28.0. The van der Waals surface area contributed by atoms with Crippen LogP contribution in [0.3, 0.4) is 0 Å². The van der Waals surface area contributed by atoms with E-state index in [9.17, 15) is 9.59 Å². The van der Waals surface area contributed by atoms with E-state index in [2.05, 4.69) is 20.8 Å². The van der Waals surface area contributed by atoms with Crippen molar-refractivity contribution in [2.75, 3.05) is 38.2 Å². The molecule has 0 saturated carbocycles. The minimum Gasteiger partial charge on any atom is -0.497 e. The standard InChI is InChI=1S/C24H26N4O6S/c1-4-33-23(30)12-18-15-35-24(27-18)28-25-13-16-5-10-20(21(11-16)32-3)34-14-22(29)26-17-6-8-19(31-2)9-7-17/h5-11,13,15H,4,12,14H2,1-3H3,(H,26,29)(H,27,28). The lowest BCUT2D eigenvalue weighted by Gasteiger charge is -2.11. The summed E-state index contributed by atoms with van der Waals surface area (Å²) in [5, 5.41) is 9.24. The third-order valence-electron chi connectivity index (χ3n) is 4.48. The van der Waals surface area contributed by atoms with Crippen molar-refractivity contribution in [2.24, 2.45) is 5.10 Å². The molecule has 11 heteroatoms. The summed E-state index contributed by atoms with van der Waals surface area (Å²) in [6.45, 7) is 1.91. The Morgan fingerprint density at radius 2 is 1.89 bits per heavy atom. The minimum absolute atomic E-state index is 0.118. The van der Waals surface area contributed by atoms with Gasteiger partial charge in [-0.25, -0.2) is 4.98 Å². The number of aromatic nitrogens is 1. The van der Waals surface area contributed by atoms with Crippen LogP contribution in [0.5, 0.6) is 17.2 Å². The second-order valence-electron chi connectivity index (χ2n) is 6.97. The van der Waals surface area contributed by atoms with Gasteiger partial charge in [0.25, 0.3) is 5.91 Å². The molecule has 0 aliphatic rings. The molecule has 0 spiro atoms. The molecule has 35 heavy (non-hydrogen) atoms. The van der Waals surface area contributed by atoms with Gasteiger partial charge in [0.05, 0.1) is 39.2 Å². The van der Waals surface area contributed by atoms with Gasteiger partial charge in [-0.3, -0.25) is 15.0 Å². The zero-order valence-electron chi connectivity index (χ0n) is 19.6. The highest BCUT2D eigenvalue weighted by molar-refractivity contribution is 7.13. The number of ether oxygens (including phenoxy) is 4. The van der Waals surface area contributed by atoms with Crippen molar-refractivity contribution in [3.63, 3.8) is 0 Å². The van der Waals surface area contributed by atoms with E-state index in [1.165, 1.54) is 18.4 Å². The van der Waals surface area contributed by atoms with Crippen LogP contribution in [0.2, 0.25) is 0 Å². The molecular formula is C24H26N4O6S. The summed E-state index contributed by atoms with van der Waals surface area (Å²) in [6.07, 6.45) is 1.71. The van der Waals surface area contributed by atoms with Crippen LogP contribution < -0.4 is 25.0 Å². The Bertz CT molecular complexity index is 1160. The first-order chi connectivity index (χ1) is 17.0. The van der Waals surface area contributed by atoms with Crippen LogP contribution >= 0.6 is 11.3 Å². The highest BCUT2D eigenvalue weighted by Crippen LogP contribution is 2.27. The number of esters is 1. The van der Waals surface area contributed by atoms with Crippen molar-refractivity contribution in [1.29, 1.82) is 0 Å². The highest BCUT2D eigenvalue weighted by Gasteiger charge is 2.10. The normalized spacial score (nSPS) is 10.6. The van der Waals surface area contributed by atoms with Gasteiger partial charge in [0.2, 0.25) is 5.13 Å². The van der Waals surface area contributed by atoms with Crippen LogP contribution in [0, 0.1) is 0 Å². The zero-order valence-corrected chi connectivity index (χ0v) is 20.4. The molecule has 2 aromatic carbocycles. The first-order valence-electron chi connectivity index (χ1n) is 10.6. The molecule has 0 atom stereocenters. The predicted octanol–water partition coefficient (Wildman–Crippen LogP) is 3.73. The number of hydrazone groups is 1. The molecule has 0 radical (unpaired) electrons. The van der Waals surface area contributed by atoms with Crippen molar-refractivity contribution in [3.05, 3.63) is 59.1 Å². The first kappa shape index (κ1) is 25.5. The number of carbonyl (C=O) groups excluding carboxylic acids is 2. The number of nitrogens with zero attached hydrogens (tertiary/aromatic N) is 2. The van der Waals surface area contributed by atoms with E-state index in [-0.39, 0.29) is 24.9 Å². The van der Waals surface area contributed by atoms with Gasteiger partial charge in [0.1, 0.15) is 5.75 Å². The Morgan fingerprint density at radius 3 is 2.60 bits per heavy atom. The van der Waals surface area contributed by atoms with E-state index in [1.54, 1.807) is 68.1 Å². The maximum absolute atomic E-state index is 12.2. The lowest BCUT2D eigenvalue weighted by atomic mass is 10.2. The lowest BCUT2D eigenvalue weighted by molar-refractivity contribution is -0.142. The Hall–Kier alpha value is -4.12. The van der Waals surface area contributed by atoms with Gasteiger partial charge >= 0.3 is 5.97 Å². The number of hydrogen-bond acceptors (Lipinski definition) is 10. The largest absolute Gasteiger partial charge is 0.497 e. The summed E-state index contributed by atoms with van der Waals surface area (Å²) >= 11 is 1.33. The Kier molecular flexibility index (Phi) is 9.43. The number of rotatable bonds is 12. The van der Waals surface area contributed by atoms with E-state index >= 15 is 0 Å². The average molecular weight is 499 g/mol. The van der Waals surface area contributed by atoms with Crippen molar-refractivity contribution in [3.8, 4) is 17.2 Å². The third kappa shape index (κ3) is 8.00. The molecule has 0 aliphatic heterocycles. The van der Waals surface area contributed by atoms with Gasteiger partial charge in [0, 0.05) is 11.1 Å². The summed E-state index contributed by atoms with van der Waals surface area (Å²) in [5.74, 6) is 0.953. The van der Waals surface area contributed by atoms with E-state index in [0.717, 1.165) is 5.56 Å². The molecule has 1 heterocycles. The fourth-order valence-corrected chi connectivity index (χ4v) is 3.52. The van der Waals surface area contributed by atoms with Crippen LogP contribution in [0.1, 0.15) is 18.2 Å². The number of carbonyl (C=O) groups is 2. The maximum atomic E-state index is 12.2. The van der Waals surface area contributed by atoms with E-state index in [0.29, 0.717) is 40.4 Å². The van der Waals surface area contributed by atoms with Crippen molar-refractivity contribution in [1.82, 2.24) is 4.98 Å². The predicted molar refractivity (Wildman–Crippen MR) is 134 cm³/mol. The molecule has 2 N–H and O–H groups in total. The monoisotopic (exact) mass is 498 g/mol. The topological polar surface area (TPSA) is 120 Å². The van der Waals surface area contributed by atoms with Gasteiger partial charge in [-0.05, 0) is 55.0 Å². The van der Waals surface area contributed by atoms with Gasteiger partial charge in [-0.15, -0.1) is 11.3 Å². The molecule has 1 amide bonds. The molecule has 10 nitrogen and oxygen atoms in total. The molecule has 0 unspecified atom stereocenters. The number of benzene rings is 2. The smallest absolute Gasteiger partial charge is 0.311 e. The highest BCUT2D eigenvalue weighted by atomic mass is 32.1. The Balaban J connectivity index is 1.52. The number of amides is 1. The Morgan fingerprint density at radius 1 is 1.09 bits per heavy atom. The zero-order chi connectivity index (χ0) is 25.0. The van der Waals surface area contributed by atoms with E-state index < -0.39 is 0 Å². The van der Waals surface area contributed by atoms with Gasteiger partial charge in [-0.2, -0.15) is 5.10 Å². The number of anilines is 2. The van der Waals surface area contributed by atoms with Gasteiger partial charge in [0.15, 0.2) is 18.1 Å². The fraction of sp³-hybridized carbons (Fsp3) is 0.250. The third-order valence-corrected chi connectivity index (χ3v) is 5.27. The molecular weight excluding hydrogens is 472 g/mol. The average Bonchev–Trinajstić information content (AvgIpc) is 3.30. The Labute approximate surface area is 206 Å². The molecule has 1 aromatic heterocycles. The van der Waals surface area contributed by atoms with Crippen LogP contribution in [0.25, 0.3) is 0 Å². The second kappa shape index (κ2) is 12.9. The van der Waals surface area contributed by atoms with Gasteiger partial charge in [-0.1, -0.05) is 0 Å². The molecule has 3 rings (SSSR count). The minimum atomic E-state index is -0.319. The number of methoxy groups -OCH3 is 2. The second-order valence-corrected chi connectivity index (χ2v) is 7.83. The fourth-order valence-electron chi connectivity index (χ4n) is 2.86. The van der Waals surface area contributed by atoms with E-state index in [4.69, 9.17) is 18.9 Å². The summed E-state index contributed by atoms with van der Waals surface area (Å²) in [7, 11) is 3.09. The van der Waals surface area contributed by atoms with Crippen LogP contribution in [-0.4, -0.2) is 50.5 Å². The number of thiazole rings is 1. The molecule has 0 aliphatic carbocycles. The van der Waals surface area contributed by atoms with Crippen molar-refractivity contribution in [2.45, 2.75) is 13.3 Å². The first-order valence-corrected chi connectivity index (χ1v) is 11.5. The van der Waals surface area contributed by atoms with Crippen molar-refractivity contribution < 1.29 is 28.5 Å². The van der Waals surface area contributed by atoms with Crippen LogP contribution in [0.15, 0.2) is 52.9 Å². The molecule has 0 saturated heterocycles. The summed E-state index contributed by atoms with van der Waals surface area (Å²) in [5.41, 5.74) is 4.83. The van der Waals surface area contributed by atoms with Crippen LogP contribution in [-0.2, 0) is 20.7 Å². The summed E-state index contributed by atoms with van der Waals surface area (Å²) in [6, 6.07) is 12.2. The molecule has 184 valence electrons. The lowest BCUT2D eigenvalue weighted by Crippen LogP contribution is -2.20. The quantitative estimate of drug-likeness (QED) is 0.220. The number of hydrogen-bond donors (Lipinski definition) is 2.